The molecule has 3 nitrogen and oxygen atoms in total. The van der Waals surface area contributed by atoms with E-state index in [1.165, 1.54) is 0 Å². The van der Waals surface area contributed by atoms with Gasteiger partial charge in [-0.1, -0.05) is 29.3 Å². The molecule has 108 valence electrons. The number of nitrogens with one attached hydrogen (secondary N) is 1. The van der Waals surface area contributed by atoms with Gasteiger partial charge in [0.1, 0.15) is 0 Å². The summed E-state index contributed by atoms with van der Waals surface area (Å²) in [5.74, 6) is 0. The minimum Gasteiger partial charge on any atom is -0.352 e. The van der Waals surface area contributed by atoms with E-state index in [1.54, 1.807) is 6.07 Å². The van der Waals surface area contributed by atoms with Crippen LogP contribution in [0.2, 0.25) is 10.0 Å². The standard InChI is InChI=1S/C14H21Cl2NO2/c1-4-18-14(19-5-2)9-17-10(3)12-7-6-11(15)8-13(12)16/h6-8,10,14,17H,4-5,9H2,1-3H3. The second-order valence-corrected chi connectivity index (χ2v) is 4.98. The van der Waals surface area contributed by atoms with Gasteiger partial charge in [0.05, 0.1) is 0 Å². The third-order valence-corrected chi connectivity index (χ3v) is 3.29. The SMILES string of the molecule is CCOC(CNC(C)c1ccc(Cl)cc1Cl)OCC. The molecule has 0 fully saturated rings. The quantitative estimate of drug-likeness (QED) is 0.735. The first kappa shape index (κ1) is 16.7. The van der Waals surface area contributed by atoms with E-state index >= 15 is 0 Å². The third-order valence-electron chi connectivity index (χ3n) is 2.72. The first-order valence-corrected chi connectivity index (χ1v) is 7.25. The van der Waals surface area contributed by atoms with Gasteiger partial charge in [-0.05, 0) is 38.5 Å². The average Bonchev–Trinajstić information content (AvgIpc) is 2.36. The summed E-state index contributed by atoms with van der Waals surface area (Å²) in [6.07, 6.45) is -0.233. The Hall–Kier alpha value is -0.320. The Morgan fingerprint density at radius 1 is 1.16 bits per heavy atom. The lowest BCUT2D eigenvalue weighted by Gasteiger charge is -2.21. The normalized spacial score (nSPS) is 12.9. The van der Waals surface area contributed by atoms with E-state index in [0.717, 1.165) is 5.56 Å². The Bertz CT molecular complexity index is 382. The van der Waals surface area contributed by atoms with Crippen molar-refractivity contribution < 1.29 is 9.47 Å². The first-order chi connectivity index (χ1) is 9.08. The molecule has 0 aliphatic rings. The Morgan fingerprint density at radius 3 is 2.32 bits per heavy atom. The molecule has 0 aliphatic heterocycles. The Balaban J connectivity index is 2.55. The smallest absolute Gasteiger partial charge is 0.169 e. The summed E-state index contributed by atoms with van der Waals surface area (Å²) in [6.45, 7) is 7.81. The molecular weight excluding hydrogens is 285 g/mol. The molecule has 0 heterocycles. The molecule has 1 aromatic rings. The summed E-state index contributed by atoms with van der Waals surface area (Å²) in [5, 5.41) is 4.66. The van der Waals surface area contributed by atoms with Crippen molar-refractivity contribution in [3.63, 3.8) is 0 Å². The highest BCUT2D eigenvalue weighted by Gasteiger charge is 2.13. The van der Waals surface area contributed by atoms with E-state index in [1.807, 2.05) is 32.9 Å². The van der Waals surface area contributed by atoms with Gasteiger partial charge in [0.2, 0.25) is 0 Å². The lowest BCUT2D eigenvalue weighted by Crippen LogP contribution is -2.33. The van der Waals surface area contributed by atoms with Crippen LogP contribution in [0.15, 0.2) is 18.2 Å². The van der Waals surface area contributed by atoms with Crippen molar-refractivity contribution in [2.45, 2.75) is 33.1 Å². The van der Waals surface area contributed by atoms with Gasteiger partial charge in [-0.15, -0.1) is 0 Å². The van der Waals surface area contributed by atoms with E-state index in [-0.39, 0.29) is 12.3 Å². The van der Waals surface area contributed by atoms with Crippen molar-refractivity contribution in [3.05, 3.63) is 33.8 Å². The van der Waals surface area contributed by atoms with Crippen LogP contribution in [0.1, 0.15) is 32.4 Å². The van der Waals surface area contributed by atoms with Gasteiger partial charge in [-0.2, -0.15) is 0 Å². The number of halogens is 2. The van der Waals surface area contributed by atoms with Crippen LogP contribution in [0.25, 0.3) is 0 Å². The van der Waals surface area contributed by atoms with Gasteiger partial charge >= 0.3 is 0 Å². The van der Waals surface area contributed by atoms with Crippen LogP contribution in [-0.4, -0.2) is 26.0 Å². The van der Waals surface area contributed by atoms with Crippen LogP contribution in [0.3, 0.4) is 0 Å². The van der Waals surface area contributed by atoms with Crippen LogP contribution in [0.5, 0.6) is 0 Å². The van der Waals surface area contributed by atoms with Gasteiger partial charge in [0.15, 0.2) is 6.29 Å². The van der Waals surface area contributed by atoms with E-state index in [2.05, 4.69) is 5.32 Å². The van der Waals surface area contributed by atoms with Gasteiger partial charge in [0.25, 0.3) is 0 Å². The van der Waals surface area contributed by atoms with Crippen molar-refractivity contribution in [2.24, 2.45) is 0 Å². The van der Waals surface area contributed by atoms with Crippen molar-refractivity contribution in [1.82, 2.24) is 5.32 Å². The van der Waals surface area contributed by atoms with E-state index in [9.17, 15) is 0 Å². The average molecular weight is 306 g/mol. The molecule has 0 bridgehead atoms. The molecule has 0 spiro atoms. The molecule has 1 atom stereocenters. The van der Waals surface area contributed by atoms with Crippen LogP contribution < -0.4 is 5.32 Å². The lowest BCUT2D eigenvalue weighted by atomic mass is 10.1. The Kier molecular flexibility index (Phi) is 7.73. The molecule has 0 saturated carbocycles. The maximum absolute atomic E-state index is 6.18. The molecule has 1 rings (SSSR count). The molecule has 1 unspecified atom stereocenters. The number of rotatable bonds is 8. The molecular formula is C14H21Cl2NO2. The molecule has 0 saturated heterocycles. The summed E-state index contributed by atoms with van der Waals surface area (Å²) >= 11 is 12.1. The fourth-order valence-corrected chi connectivity index (χ4v) is 2.35. The number of benzene rings is 1. The fraction of sp³-hybridized carbons (Fsp3) is 0.571. The van der Waals surface area contributed by atoms with E-state index in [0.29, 0.717) is 29.8 Å². The second kappa shape index (κ2) is 8.77. The van der Waals surface area contributed by atoms with Crippen LogP contribution >= 0.6 is 23.2 Å². The predicted octanol–water partition coefficient (Wildman–Crippen LogP) is 4.04. The molecule has 0 aliphatic carbocycles. The molecule has 0 aromatic heterocycles. The Morgan fingerprint density at radius 2 is 1.79 bits per heavy atom. The largest absolute Gasteiger partial charge is 0.352 e. The number of ether oxygens (including phenoxy) is 2. The van der Waals surface area contributed by atoms with Gasteiger partial charge < -0.3 is 14.8 Å². The third kappa shape index (κ3) is 5.67. The molecule has 0 radical (unpaired) electrons. The number of hydrogen-bond donors (Lipinski definition) is 1. The maximum Gasteiger partial charge on any atom is 0.169 e. The zero-order valence-electron chi connectivity index (χ0n) is 11.6. The summed E-state index contributed by atoms with van der Waals surface area (Å²) in [5.41, 5.74) is 1.01. The van der Waals surface area contributed by atoms with Gasteiger partial charge in [-0.3, -0.25) is 0 Å². The highest BCUT2D eigenvalue weighted by Crippen LogP contribution is 2.26. The lowest BCUT2D eigenvalue weighted by molar-refractivity contribution is -0.133. The van der Waals surface area contributed by atoms with Crippen molar-refractivity contribution in [2.75, 3.05) is 19.8 Å². The topological polar surface area (TPSA) is 30.5 Å². The molecule has 0 amide bonds. The zero-order valence-corrected chi connectivity index (χ0v) is 13.1. The zero-order chi connectivity index (χ0) is 14.3. The van der Waals surface area contributed by atoms with Crippen molar-refractivity contribution in [1.29, 1.82) is 0 Å². The highest BCUT2D eigenvalue weighted by molar-refractivity contribution is 6.35. The highest BCUT2D eigenvalue weighted by atomic mass is 35.5. The van der Waals surface area contributed by atoms with Crippen LogP contribution in [-0.2, 0) is 9.47 Å². The van der Waals surface area contributed by atoms with Crippen LogP contribution in [0.4, 0.5) is 0 Å². The summed E-state index contributed by atoms with van der Waals surface area (Å²) in [7, 11) is 0. The fourth-order valence-electron chi connectivity index (χ4n) is 1.77. The van der Waals surface area contributed by atoms with Crippen LogP contribution in [0, 0.1) is 0 Å². The summed E-state index contributed by atoms with van der Waals surface area (Å²) in [4.78, 5) is 0. The van der Waals surface area contributed by atoms with Crippen molar-refractivity contribution in [3.8, 4) is 0 Å². The van der Waals surface area contributed by atoms with E-state index in [4.69, 9.17) is 32.7 Å². The van der Waals surface area contributed by atoms with Gasteiger partial charge in [-0.25, -0.2) is 0 Å². The van der Waals surface area contributed by atoms with E-state index < -0.39 is 0 Å². The second-order valence-electron chi connectivity index (χ2n) is 4.14. The van der Waals surface area contributed by atoms with Gasteiger partial charge in [0, 0.05) is 35.8 Å². The maximum atomic E-state index is 6.18. The predicted molar refractivity (Wildman–Crippen MR) is 79.9 cm³/mol. The summed E-state index contributed by atoms with van der Waals surface area (Å²) < 4.78 is 11.0. The number of hydrogen-bond acceptors (Lipinski definition) is 3. The molecule has 5 heteroatoms. The monoisotopic (exact) mass is 305 g/mol. The summed E-state index contributed by atoms with van der Waals surface area (Å²) in [6, 6.07) is 5.62. The minimum atomic E-state index is -0.233. The first-order valence-electron chi connectivity index (χ1n) is 6.50. The molecule has 1 N–H and O–H groups in total. The Labute approximate surface area is 125 Å². The minimum absolute atomic E-state index is 0.105. The molecule has 1 aromatic carbocycles. The molecule has 19 heavy (non-hydrogen) atoms. The van der Waals surface area contributed by atoms with Crippen molar-refractivity contribution >= 4 is 23.2 Å².